The number of methoxy groups -OCH3 is 1. The van der Waals surface area contributed by atoms with E-state index >= 15 is 0 Å². The van der Waals surface area contributed by atoms with Gasteiger partial charge in [-0.05, 0) is 44.2 Å². The number of nitrogens with one attached hydrogen (secondary N) is 1. The number of hydrogen-bond acceptors (Lipinski definition) is 5. The van der Waals surface area contributed by atoms with Crippen molar-refractivity contribution >= 4 is 5.91 Å². The lowest BCUT2D eigenvalue weighted by molar-refractivity contribution is 0.0374. The number of aryl methyl sites for hydroxylation is 1. The fourth-order valence-corrected chi connectivity index (χ4v) is 3.78. The Morgan fingerprint density at radius 2 is 1.94 bits per heavy atom. The number of benzene rings is 2. The van der Waals surface area contributed by atoms with Crippen LogP contribution in [0.1, 0.15) is 22.3 Å². The van der Waals surface area contributed by atoms with Crippen LogP contribution in [0.3, 0.4) is 0 Å². The summed E-state index contributed by atoms with van der Waals surface area (Å²) in [4.78, 5) is 15.5. The second kappa shape index (κ2) is 10.4. The summed E-state index contributed by atoms with van der Waals surface area (Å²) in [6.45, 7) is 7.10. The zero-order valence-electron chi connectivity index (χ0n) is 18.7. The molecule has 0 saturated carbocycles. The number of rotatable bonds is 8. The first-order valence-electron chi connectivity index (χ1n) is 11.0. The molecule has 1 aromatic heterocycles. The Balaban J connectivity index is 1.53. The number of nitrogens with zero attached hydrogens (tertiary/aromatic N) is 3. The second-order valence-electron chi connectivity index (χ2n) is 7.97. The molecule has 1 fully saturated rings. The highest BCUT2D eigenvalue weighted by Crippen LogP contribution is 2.27. The summed E-state index contributed by atoms with van der Waals surface area (Å²) < 4.78 is 12.5. The van der Waals surface area contributed by atoms with Gasteiger partial charge in [-0.2, -0.15) is 5.10 Å². The Morgan fingerprint density at radius 3 is 2.69 bits per heavy atom. The van der Waals surface area contributed by atoms with E-state index in [-0.39, 0.29) is 5.91 Å². The number of carbonyl (C=O) groups excluding carboxylic acids is 1. The van der Waals surface area contributed by atoms with Gasteiger partial charge in [-0.1, -0.05) is 29.8 Å². The maximum atomic E-state index is 13.1. The van der Waals surface area contributed by atoms with Crippen LogP contribution in [0.15, 0.2) is 54.7 Å². The van der Waals surface area contributed by atoms with Gasteiger partial charge in [0.25, 0.3) is 5.91 Å². The molecule has 0 spiro atoms. The van der Waals surface area contributed by atoms with Gasteiger partial charge >= 0.3 is 0 Å². The molecular weight excluding hydrogens is 404 g/mol. The van der Waals surface area contributed by atoms with Gasteiger partial charge in [0.2, 0.25) is 0 Å². The number of morpholine rings is 1. The minimum absolute atomic E-state index is 0.122. The van der Waals surface area contributed by atoms with Gasteiger partial charge in [0.15, 0.2) is 0 Å². The van der Waals surface area contributed by atoms with Crippen LogP contribution in [0.5, 0.6) is 5.75 Å². The highest BCUT2D eigenvalue weighted by Gasteiger charge is 2.19. The Hall–Kier alpha value is -3.16. The van der Waals surface area contributed by atoms with Gasteiger partial charge in [-0.25, -0.2) is 4.68 Å². The molecule has 3 aromatic rings. The van der Waals surface area contributed by atoms with Gasteiger partial charge in [0, 0.05) is 31.4 Å². The summed E-state index contributed by atoms with van der Waals surface area (Å²) >= 11 is 0. The summed E-state index contributed by atoms with van der Waals surface area (Å²) in [7, 11) is 1.63. The van der Waals surface area contributed by atoms with E-state index in [0.29, 0.717) is 17.8 Å². The molecule has 1 aliphatic rings. The normalized spacial score (nSPS) is 14.3. The van der Waals surface area contributed by atoms with Crippen molar-refractivity contribution in [2.75, 3.05) is 46.5 Å². The van der Waals surface area contributed by atoms with Gasteiger partial charge in [0.05, 0.1) is 31.6 Å². The summed E-state index contributed by atoms with van der Waals surface area (Å²) in [5, 5.41) is 7.83. The van der Waals surface area contributed by atoms with E-state index < -0.39 is 0 Å². The third-order valence-corrected chi connectivity index (χ3v) is 5.64. The average Bonchev–Trinajstić information content (AvgIpc) is 3.28. The monoisotopic (exact) mass is 434 g/mol. The van der Waals surface area contributed by atoms with Crippen LogP contribution in [-0.2, 0) is 4.74 Å². The first-order valence-corrected chi connectivity index (χ1v) is 11.0. The summed E-state index contributed by atoms with van der Waals surface area (Å²) in [6.07, 6.45) is 2.70. The standard InChI is InChI=1S/C25H30N4O3/c1-19-7-9-21(10-8-19)29-18-23(24(27-29)20-5-3-6-22(17-20)31-2)25(30)26-11-4-12-28-13-15-32-16-14-28/h3,5-10,17-18H,4,11-16H2,1-2H3,(H,26,30). The van der Waals surface area contributed by atoms with Crippen molar-refractivity contribution in [2.45, 2.75) is 13.3 Å². The minimum Gasteiger partial charge on any atom is -0.497 e. The zero-order valence-corrected chi connectivity index (χ0v) is 18.7. The Bertz CT molecular complexity index is 1040. The van der Waals surface area contributed by atoms with E-state index in [1.165, 1.54) is 5.56 Å². The largest absolute Gasteiger partial charge is 0.497 e. The smallest absolute Gasteiger partial charge is 0.255 e. The number of ether oxygens (including phenoxy) is 2. The van der Waals surface area contributed by atoms with Gasteiger partial charge in [-0.3, -0.25) is 9.69 Å². The number of aromatic nitrogens is 2. The molecular formula is C25H30N4O3. The van der Waals surface area contributed by atoms with Crippen LogP contribution in [-0.4, -0.2) is 67.1 Å². The molecule has 1 N–H and O–H groups in total. The van der Waals surface area contributed by atoms with Crippen LogP contribution < -0.4 is 10.1 Å². The predicted molar refractivity (Wildman–Crippen MR) is 124 cm³/mol. The van der Waals surface area contributed by atoms with Gasteiger partial charge < -0.3 is 14.8 Å². The number of carbonyl (C=O) groups is 1. The summed E-state index contributed by atoms with van der Waals surface area (Å²) in [6, 6.07) is 15.7. The molecule has 0 aliphatic carbocycles. The van der Waals surface area contributed by atoms with Crippen molar-refractivity contribution in [3.63, 3.8) is 0 Å². The fraction of sp³-hybridized carbons (Fsp3) is 0.360. The maximum Gasteiger partial charge on any atom is 0.255 e. The Morgan fingerprint density at radius 1 is 1.16 bits per heavy atom. The van der Waals surface area contributed by atoms with Crippen LogP contribution in [0.2, 0.25) is 0 Å². The first kappa shape index (κ1) is 22.0. The zero-order chi connectivity index (χ0) is 22.3. The quantitative estimate of drug-likeness (QED) is 0.551. The molecule has 32 heavy (non-hydrogen) atoms. The molecule has 0 atom stereocenters. The molecule has 7 heteroatoms. The summed E-state index contributed by atoms with van der Waals surface area (Å²) in [5.74, 6) is 0.604. The molecule has 2 heterocycles. The van der Waals surface area contributed by atoms with Crippen LogP contribution in [0.4, 0.5) is 0 Å². The predicted octanol–water partition coefficient (Wildman–Crippen LogP) is 3.31. The maximum absolute atomic E-state index is 13.1. The number of hydrogen-bond donors (Lipinski definition) is 1. The van der Waals surface area contributed by atoms with Crippen molar-refractivity contribution in [2.24, 2.45) is 0 Å². The third-order valence-electron chi connectivity index (χ3n) is 5.64. The molecule has 1 aliphatic heterocycles. The molecule has 0 bridgehead atoms. The molecule has 0 unspecified atom stereocenters. The SMILES string of the molecule is COc1cccc(-c2nn(-c3ccc(C)cc3)cc2C(=O)NCCCN2CCOCC2)c1. The fourth-order valence-electron chi connectivity index (χ4n) is 3.78. The third kappa shape index (κ3) is 5.36. The minimum atomic E-state index is -0.122. The molecule has 0 radical (unpaired) electrons. The molecule has 1 saturated heterocycles. The van der Waals surface area contributed by atoms with Crippen molar-refractivity contribution < 1.29 is 14.3 Å². The van der Waals surface area contributed by atoms with Crippen molar-refractivity contribution in [3.05, 3.63) is 65.9 Å². The van der Waals surface area contributed by atoms with E-state index in [9.17, 15) is 4.79 Å². The molecule has 2 aromatic carbocycles. The van der Waals surface area contributed by atoms with Crippen molar-refractivity contribution in [3.8, 4) is 22.7 Å². The Kier molecular flexibility index (Phi) is 7.19. The molecule has 7 nitrogen and oxygen atoms in total. The van der Waals surface area contributed by atoms with Crippen LogP contribution >= 0.6 is 0 Å². The number of amides is 1. The van der Waals surface area contributed by atoms with Gasteiger partial charge in [0.1, 0.15) is 11.4 Å². The first-order chi connectivity index (χ1) is 15.6. The Labute approximate surface area is 188 Å². The van der Waals surface area contributed by atoms with Crippen LogP contribution in [0.25, 0.3) is 16.9 Å². The van der Waals surface area contributed by atoms with E-state index in [0.717, 1.165) is 56.3 Å². The topological polar surface area (TPSA) is 68.6 Å². The lowest BCUT2D eigenvalue weighted by Gasteiger charge is -2.26. The van der Waals surface area contributed by atoms with Crippen LogP contribution in [0, 0.1) is 6.92 Å². The second-order valence-corrected chi connectivity index (χ2v) is 7.97. The van der Waals surface area contributed by atoms with E-state index in [1.54, 1.807) is 18.0 Å². The van der Waals surface area contributed by atoms with Gasteiger partial charge in [-0.15, -0.1) is 0 Å². The highest BCUT2D eigenvalue weighted by molar-refractivity contribution is 6.00. The molecule has 1 amide bonds. The highest BCUT2D eigenvalue weighted by atomic mass is 16.5. The summed E-state index contributed by atoms with van der Waals surface area (Å²) in [5.41, 5.74) is 4.10. The van der Waals surface area contributed by atoms with E-state index in [1.807, 2.05) is 55.5 Å². The lowest BCUT2D eigenvalue weighted by Crippen LogP contribution is -2.38. The molecule has 168 valence electrons. The lowest BCUT2D eigenvalue weighted by atomic mass is 10.1. The van der Waals surface area contributed by atoms with E-state index in [4.69, 9.17) is 14.6 Å². The van der Waals surface area contributed by atoms with E-state index in [2.05, 4.69) is 10.2 Å². The van der Waals surface area contributed by atoms with Crippen molar-refractivity contribution in [1.29, 1.82) is 0 Å². The average molecular weight is 435 g/mol. The van der Waals surface area contributed by atoms with Crippen molar-refractivity contribution in [1.82, 2.24) is 20.0 Å². The molecule has 4 rings (SSSR count).